The zero-order chi connectivity index (χ0) is 16.7. The molecule has 1 amide bonds. The molecule has 1 atom stereocenters. The van der Waals surface area contributed by atoms with Crippen LogP contribution in [0.5, 0.6) is 0 Å². The number of amides is 1. The zero-order valence-electron chi connectivity index (χ0n) is 13.0. The smallest absolute Gasteiger partial charge is 0.291 e. The molecule has 4 rings (SSSR count). The summed E-state index contributed by atoms with van der Waals surface area (Å²) in [6, 6.07) is 10.5. The van der Waals surface area contributed by atoms with E-state index in [1.165, 1.54) is 11.3 Å². The van der Waals surface area contributed by atoms with Crippen molar-refractivity contribution in [1.29, 1.82) is 0 Å². The first-order chi connectivity index (χ1) is 11.7. The number of rotatable bonds is 4. The van der Waals surface area contributed by atoms with Gasteiger partial charge in [0.25, 0.3) is 5.91 Å². The zero-order valence-corrected chi connectivity index (χ0v) is 13.8. The summed E-state index contributed by atoms with van der Waals surface area (Å²) in [5.74, 6) is -0.114. The van der Waals surface area contributed by atoms with E-state index in [2.05, 4.69) is 0 Å². The highest BCUT2D eigenvalue weighted by Gasteiger charge is 2.42. The molecule has 6 heteroatoms. The van der Waals surface area contributed by atoms with E-state index < -0.39 is 6.04 Å². The molecular weight excluding hydrogens is 326 g/mol. The van der Waals surface area contributed by atoms with Crippen LogP contribution in [0.3, 0.4) is 0 Å². The van der Waals surface area contributed by atoms with Gasteiger partial charge in [-0.25, -0.2) is 0 Å². The molecule has 2 aromatic heterocycles. The molecule has 1 aromatic carbocycles. The Morgan fingerprint density at radius 3 is 2.79 bits per heavy atom. The summed E-state index contributed by atoms with van der Waals surface area (Å²) in [4.78, 5) is 28.5. The van der Waals surface area contributed by atoms with Gasteiger partial charge < -0.3 is 14.1 Å². The van der Waals surface area contributed by atoms with Gasteiger partial charge in [0.2, 0.25) is 5.76 Å². The van der Waals surface area contributed by atoms with E-state index in [1.54, 1.807) is 36.3 Å². The SMILES string of the molecule is COCCN1C(=O)c2oc3ccccc3c(=O)c2C1c1cccs1. The maximum absolute atomic E-state index is 13.0. The van der Waals surface area contributed by atoms with Crippen molar-refractivity contribution in [3.05, 3.63) is 68.2 Å². The predicted molar refractivity (Wildman–Crippen MR) is 91.6 cm³/mol. The Hall–Kier alpha value is -2.44. The molecule has 0 bridgehead atoms. The third kappa shape index (κ3) is 2.18. The number of benzene rings is 1. The number of fused-ring (bicyclic) bond motifs is 2. The molecular formula is C18H15NO4S. The topological polar surface area (TPSA) is 59.8 Å². The molecule has 1 aliphatic rings. The highest BCUT2D eigenvalue weighted by molar-refractivity contribution is 7.10. The van der Waals surface area contributed by atoms with Gasteiger partial charge in [-0.1, -0.05) is 18.2 Å². The maximum Gasteiger partial charge on any atom is 0.291 e. The van der Waals surface area contributed by atoms with Crippen LogP contribution < -0.4 is 5.43 Å². The Labute approximate surface area is 142 Å². The van der Waals surface area contributed by atoms with Gasteiger partial charge in [-0.2, -0.15) is 0 Å². The van der Waals surface area contributed by atoms with E-state index in [4.69, 9.17) is 9.15 Å². The van der Waals surface area contributed by atoms with E-state index in [-0.39, 0.29) is 17.1 Å². The number of carbonyl (C=O) groups is 1. The summed E-state index contributed by atoms with van der Waals surface area (Å²) < 4.78 is 10.9. The molecule has 0 fully saturated rings. The average molecular weight is 341 g/mol. The molecule has 0 saturated heterocycles. The van der Waals surface area contributed by atoms with E-state index in [0.29, 0.717) is 29.7 Å². The lowest BCUT2D eigenvalue weighted by molar-refractivity contribution is 0.0665. The van der Waals surface area contributed by atoms with Gasteiger partial charge >= 0.3 is 0 Å². The molecule has 1 unspecified atom stereocenters. The molecule has 3 heterocycles. The first kappa shape index (κ1) is 15.1. The number of para-hydroxylation sites is 1. The van der Waals surface area contributed by atoms with E-state index in [1.807, 2.05) is 17.5 Å². The highest BCUT2D eigenvalue weighted by Crippen LogP contribution is 2.39. The standard InChI is InChI=1S/C18H15NO4S/c1-22-9-8-19-15(13-7-4-10-24-13)14-16(20)11-5-2-3-6-12(11)23-17(14)18(19)21/h2-7,10,15H,8-9H2,1H3. The average Bonchev–Trinajstić information content (AvgIpc) is 3.21. The van der Waals surface area contributed by atoms with Crippen LogP contribution >= 0.6 is 11.3 Å². The van der Waals surface area contributed by atoms with Crippen LogP contribution in [0.15, 0.2) is 51.0 Å². The maximum atomic E-state index is 13.0. The second-order valence-corrected chi connectivity index (χ2v) is 6.56. The molecule has 3 aromatic rings. The summed E-state index contributed by atoms with van der Waals surface area (Å²) in [6.45, 7) is 0.799. The minimum absolute atomic E-state index is 0.140. The summed E-state index contributed by atoms with van der Waals surface area (Å²) in [5, 5.41) is 2.44. The molecule has 5 nitrogen and oxygen atoms in total. The van der Waals surface area contributed by atoms with Gasteiger partial charge in [0.15, 0.2) is 5.43 Å². The fraction of sp³-hybridized carbons (Fsp3) is 0.222. The lowest BCUT2D eigenvalue weighted by Crippen LogP contribution is -2.32. The van der Waals surface area contributed by atoms with E-state index in [0.717, 1.165) is 4.88 Å². The summed E-state index contributed by atoms with van der Waals surface area (Å²) >= 11 is 1.52. The van der Waals surface area contributed by atoms with Crippen molar-refractivity contribution in [3.63, 3.8) is 0 Å². The minimum atomic E-state index is -0.413. The summed E-state index contributed by atoms with van der Waals surface area (Å²) in [6.07, 6.45) is 0. The Kier molecular flexibility index (Phi) is 3.70. The van der Waals surface area contributed by atoms with Crippen molar-refractivity contribution in [2.45, 2.75) is 6.04 Å². The van der Waals surface area contributed by atoms with Crippen molar-refractivity contribution in [1.82, 2.24) is 4.90 Å². The fourth-order valence-corrected chi connectivity index (χ4v) is 3.98. The van der Waals surface area contributed by atoms with Gasteiger partial charge in [-0.05, 0) is 23.6 Å². The lowest BCUT2D eigenvalue weighted by Gasteiger charge is -2.23. The van der Waals surface area contributed by atoms with E-state index in [9.17, 15) is 9.59 Å². The number of hydrogen-bond acceptors (Lipinski definition) is 5. The van der Waals surface area contributed by atoms with Gasteiger partial charge in [0.1, 0.15) is 5.58 Å². The fourth-order valence-electron chi connectivity index (χ4n) is 3.13. The van der Waals surface area contributed by atoms with Crippen LogP contribution in [-0.2, 0) is 4.74 Å². The van der Waals surface area contributed by atoms with Crippen LogP contribution in [-0.4, -0.2) is 31.1 Å². The minimum Gasteiger partial charge on any atom is -0.450 e. The number of nitrogens with zero attached hydrogens (tertiary/aromatic N) is 1. The largest absolute Gasteiger partial charge is 0.450 e. The van der Waals surface area contributed by atoms with Crippen LogP contribution in [0.4, 0.5) is 0 Å². The number of thiophene rings is 1. The van der Waals surface area contributed by atoms with E-state index >= 15 is 0 Å². The number of ether oxygens (including phenoxy) is 1. The lowest BCUT2D eigenvalue weighted by atomic mass is 10.0. The molecule has 0 saturated carbocycles. The molecule has 0 N–H and O–H groups in total. The molecule has 0 aliphatic carbocycles. The van der Waals surface area contributed by atoms with Gasteiger partial charge in [-0.3, -0.25) is 9.59 Å². The van der Waals surface area contributed by atoms with Crippen LogP contribution in [0, 0.1) is 0 Å². The second-order valence-electron chi connectivity index (χ2n) is 5.58. The van der Waals surface area contributed by atoms with Gasteiger partial charge in [0, 0.05) is 18.5 Å². The summed E-state index contributed by atoms with van der Waals surface area (Å²) in [5.41, 5.74) is 0.726. The molecule has 1 aliphatic heterocycles. The third-order valence-electron chi connectivity index (χ3n) is 4.22. The van der Waals surface area contributed by atoms with Crippen LogP contribution in [0.25, 0.3) is 11.0 Å². The predicted octanol–water partition coefficient (Wildman–Crippen LogP) is 3.05. The number of methoxy groups -OCH3 is 1. The van der Waals surface area contributed by atoms with Crippen molar-refractivity contribution in [3.8, 4) is 0 Å². The Bertz CT molecular complexity index is 961. The van der Waals surface area contributed by atoms with Crippen molar-refractivity contribution >= 4 is 28.2 Å². The molecule has 0 radical (unpaired) electrons. The quantitative estimate of drug-likeness (QED) is 0.732. The summed E-state index contributed by atoms with van der Waals surface area (Å²) in [7, 11) is 1.59. The Morgan fingerprint density at radius 1 is 1.21 bits per heavy atom. The van der Waals surface area contributed by atoms with Gasteiger partial charge in [0.05, 0.1) is 23.6 Å². The Morgan fingerprint density at radius 2 is 2.04 bits per heavy atom. The monoisotopic (exact) mass is 341 g/mol. The van der Waals surface area contributed by atoms with Crippen LogP contribution in [0.1, 0.15) is 27.0 Å². The van der Waals surface area contributed by atoms with Crippen LogP contribution in [0.2, 0.25) is 0 Å². The molecule has 122 valence electrons. The van der Waals surface area contributed by atoms with Gasteiger partial charge in [-0.15, -0.1) is 11.3 Å². The van der Waals surface area contributed by atoms with Crippen molar-refractivity contribution in [2.75, 3.05) is 20.3 Å². The molecule has 0 spiro atoms. The third-order valence-corrected chi connectivity index (χ3v) is 5.15. The first-order valence-corrected chi connectivity index (χ1v) is 8.49. The second kappa shape index (κ2) is 5.89. The molecule has 24 heavy (non-hydrogen) atoms. The Balaban J connectivity index is 1.97. The van der Waals surface area contributed by atoms with Crippen molar-refractivity contribution in [2.24, 2.45) is 0 Å². The first-order valence-electron chi connectivity index (χ1n) is 7.61. The number of carbonyl (C=O) groups excluding carboxylic acids is 1. The van der Waals surface area contributed by atoms with Crippen molar-refractivity contribution < 1.29 is 13.9 Å². The normalized spacial score (nSPS) is 16.8. The highest BCUT2D eigenvalue weighted by atomic mass is 32.1. The number of hydrogen-bond donors (Lipinski definition) is 0.